The molecule has 2 amide bonds. The molecule has 1 aliphatic heterocycles. The number of carbonyl (C=O) groups is 1. The number of nitrogens with one attached hydrogen (secondary N) is 2. The van der Waals surface area contributed by atoms with Crippen LogP contribution < -0.4 is 10.0 Å². The van der Waals surface area contributed by atoms with E-state index in [2.05, 4.69) is 21.0 Å². The number of hydrogen-bond donors (Lipinski definition) is 2. The first-order valence-electron chi connectivity index (χ1n) is 10.2. The maximum Gasteiger partial charge on any atom is 0.333 e. The number of benzene rings is 1. The van der Waals surface area contributed by atoms with Gasteiger partial charge in [-0.05, 0) is 79.8 Å². The van der Waals surface area contributed by atoms with Crippen LogP contribution in [-0.2, 0) is 48.7 Å². The number of hydrogen-bond acceptors (Lipinski definition) is 5. The van der Waals surface area contributed by atoms with Gasteiger partial charge in [-0.3, -0.25) is 4.90 Å². The first kappa shape index (κ1) is 21.9. The van der Waals surface area contributed by atoms with E-state index in [1.807, 2.05) is 7.05 Å². The molecule has 0 spiro atoms. The SMILES string of the molecule is CN1CCc2cc(S(=O)(=O)NC(=O)Nc3c4c(cc5c3CCC5)CCC4)oc2C1.[Na]. The molecule has 0 saturated carbocycles. The van der Waals surface area contributed by atoms with Crippen molar-refractivity contribution in [2.45, 2.75) is 56.6 Å². The molecule has 2 heterocycles. The van der Waals surface area contributed by atoms with E-state index in [-0.39, 0.29) is 34.6 Å². The van der Waals surface area contributed by atoms with E-state index in [1.54, 1.807) is 0 Å². The zero-order chi connectivity index (χ0) is 20.2. The van der Waals surface area contributed by atoms with Crippen LogP contribution in [0.2, 0.25) is 0 Å². The van der Waals surface area contributed by atoms with Crippen molar-refractivity contribution >= 4 is 51.3 Å². The molecule has 1 aromatic carbocycles. The standard InChI is InChI=1S/C21H25N3O4S.Na/c1-24-9-8-15-11-19(28-18(15)12-24)29(26,27)23-21(25)22-20-16-6-2-4-13(16)10-14-5-3-7-17(14)20;/h10-11H,2-9,12H2,1H3,(H2,22,23,25);. The summed E-state index contributed by atoms with van der Waals surface area (Å²) in [7, 11) is -2.11. The second-order valence-electron chi connectivity index (χ2n) is 8.30. The fraction of sp³-hybridized carbons (Fsp3) is 0.476. The van der Waals surface area contributed by atoms with Gasteiger partial charge in [-0.25, -0.2) is 9.52 Å². The monoisotopic (exact) mass is 438 g/mol. The van der Waals surface area contributed by atoms with Crippen molar-refractivity contribution in [1.29, 1.82) is 0 Å². The molecule has 0 bridgehead atoms. The van der Waals surface area contributed by atoms with Gasteiger partial charge in [0.1, 0.15) is 5.76 Å². The van der Waals surface area contributed by atoms with Crippen LogP contribution in [0.1, 0.15) is 46.4 Å². The summed E-state index contributed by atoms with van der Waals surface area (Å²) in [5.74, 6) is 0.651. The zero-order valence-electron chi connectivity index (χ0n) is 17.5. The predicted octanol–water partition coefficient (Wildman–Crippen LogP) is 2.37. The van der Waals surface area contributed by atoms with Crippen molar-refractivity contribution in [3.63, 3.8) is 0 Å². The summed E-state index contributed by atoms with van der Waals surface area (Å²) in [6, 6.07) is 3.08. The molecule has 3 aliphatic rings. The van der Waals surface area contributed by atoms with E-state index >= 15 is 0 Å². The smallest absolute Gasteiger partial charge is 0.333 e. The summed E-state index contributed by atoms with van der Waals surface area (Å²) < 4.78 is 33.1. The molecule has 1 aromatic heterocycles. The van der Waals surface area contributed by atoms with Gasteiger partial charge in [0.15, 0.2) is 0 Å². The Labute approximate surface area is 198 Å². The molecule has 0 saturated heterocycles. The van der Waals surface area contributed by atoms with Gasteiger partial charge < -0.3 is 9.73 Å². The Hall–Kier alpha value is -1.32. The first-order chi connectivity index (χ1) is 13.9. The number of furan rings is 1. The normalized spacial score (nSPS) is 17.6. The number of aryl methyl sites for hydroxylation is 2. The Morgan fingerprint density at radius 2 is 1.67 bits per heavy atom. The minimum atomic E-state index is -4.07. The molecule has 0 fully saturated rings. The maximum atomic E-state index is 12.7. The van der Waals surface area contributed by atoms with Crippen molar-refractivity contribution < 1.29 is 17.6 Å². The Morgan fingerprint density at radius 3 is 2.33 bits per heavy atom. The maximum absolute atomic E-state index is 12.7. The largest absolute Gasteiger partial charge is 0.446 e. The van der Waals surface area contributed by atoms with Crippen LogP contribution in [0.15, 0.2) is 21.6 Å². The number of amides is 2. The molecule has 0 atom stereocenters. The summed E-state index contributed by atoms with van der Waals surface area (Å²) in [5, 5.41) is 2.66. The molecule has 2 aliphatic carbocycles. The molecule has 2 aromatic rings. The van der Waals surface area contributed by atoms with Gasteiger partial charge in [-0.2, -0.15) is 8.42 Å². The van der Waals surface area contributed by atoms with Gasteiger partial charge in [0, 0.05) is 47.9 Å². The van der Waals surface area contributed by atoms with E-state index in [0.717, 1.165) is 73.9 Å². The second-order valence-corrected chi connectivity index (χ2v) is 9.91. The van der Waals surface area contributed by atoms with Gasteiger partial charge in [-0.15, -0.1) is 0 Å². The second kappa shape index (κ2) is 8.31. The number of fused-ring (bicyclic) bond motifs is 3. The number of likely N-dealkylation sites (N-methyl/N-ethyl adjacent to an activating group) is 1. The number of rotatable bonds is 3. The van der Waals surface area contributed by atoms with Gasteiger partial charge >= 0.3 is 6.03 Å². The fourth-order valence-electron chi connectivity index (χ4n) is 4.83. The molecule has 1 radical (unpaired) electrons. The van der Waals surface area contributed by atoms with E-state index in [4.69, 9.17) is 4.42 Å². The van der Waals surface area contributed by atoms with E-state index < -0.39 is 16.1 Å². The van der Waals surface area contributed by atoms with E-state index in [0.29, 0.717) is 12.3 Å². The number of nitrogens with zero attached hydrogens (tertiary/aromatic N) is 1. The van der Waals surface area contributed by atoms with Crippen molar-refractivity contribution in [1.82, 2.24) is 9.62 Å². The number of anilines is 1. The summed E-state index contributed by atoms with van der Waals surface area (Å²) in [6.07, 6.45) is 6.75. The van der Waals surface area contributed by atoms with Crippen LogP contribution in [0.4, 0.5) is 10.5 Å². The topological polar surface area (TPSA) is 91.7 Å². The van der Waals surface area contributed by atoms with Gasteiger partial charge in [0.05, 0.1) is 6.54 Å². The minimum Gasteiger partial charge on any atom is -0.446 e. The third-order valence-corrected chi connectivity index (χ3v) is 7.44. The third kappa shape index (κ3) is 3.96. The van der Waals surface area contributed by atoms with Crippen LogP contribution in [0.5, 0.6) is 0 Å². The number of sulfonamides is 1. The summed E-state index contributed by atoms with van der Waals surface area (Å²) >= 11 is 0. The molecule has 9 heteroatoms. The van der Waals surface area contributed by atoms with Crippen LogP contribution in [0.25, 0.3) is 0 Å². The summed E-state index contributed by atoms with van der Waals surface area (Å²) in [4.78, 5) is 14.7. The number of carbonyl (C=O) groups excluding carboxylic acids is 1. The van der Waals surface area contributed by atoms with Gasteiger partial charge in [0.25, 0.3) is 10.0 Å². The van der Waals surface area contributed by atoms with Crippen molar-refractivity contribution in [2.24, 2.45) is 0 Å². The van der Waals surface area contributed by atoms with Gasteiger partial charge in [0.2, 0.25) is 5.09 Å². The third-order valence-electron chi connectivity index (χ3n) is 6.25. The van der Waals surface area contributed by atoms with Crippen LogP contribution >= 0.6 is 0 Å². The Bertz CT molecular complexity index is 1080. The van der Waals surface area contributed by atoms with E-state index in [9.17, 15) is 13.2 Å². The molecule has 155 valence electrons. The molecule has 7 nitrogen and oxygen atoms in total. The molecular formula is C21H25N3NaO4S. The average molecular weight is 439 g/mol. The van der Waals surface area contributed by atoms with Crippen LogP contribution in [0, 0.1) is 0 Å². The van der Waals surface area contributed by atoms with Crippen molar-refractivity contribution in [2.75, 3.05) is 18.9 Å². The van der Waals surface area contributed by atoms with Crippen molar-refractivity contribution in [3.05, 3.63) is 45.7 Å². The Balaban J connectivity index is 0.00000218. The van der Waals surface area contributed by atoms with Crippen molar-refractivity contribution in [3.8, 4) is 0 Å². The van der Waals surface area contributed by atoms with E-state index in [1.165, 1.54) is 17.2 Å². The molecular weight excluding hydrogens is 413 g/mol. The Kier molecular flexibility index (Phi) is 6.07. The predicted molar refractivity (Wildman–Crippen MR) is 114 cm³/mol. The molecule has 2 N–H and O–H groups in total. The summed E-state index contributed by atoms with van der Waals surface area (Å²) in [6.45, 7) is 1.42. The number of urea groups is 1. The van der Waals surface area contributed by atoms with Crippen LogP contribution in [-0.4, -0.2) is 62.5 Å². The Morgan fingerprint density at radius 1 is 1.00 bits per heavy atom. The van der Waals surface area contributed by atoms with Gasteiger partial charge in [-0.1, -0.05) is 6.07 Å². The molecule has 5 rings (SSSR count). The average Bonchev–Trinajstić information content (AvgIpc) is 3.39. The first-order valence-corrected chi connectivity index (χ1v) is 11.7. The minimum absolute atomic E-state index is 0. The summed E-state index contributed by atoms with van der Waals surface area (Å²) in [5.41, 5.74) is 6.60. The quantitative estimate of drug-likeness (QED) is 0.718. The molecule has 0 unspecified atom stereocenters. The zero-order valence-corrected chi connectivity index (χ0v) is 20.3. The van der Waals surface area contributed by atoms with Crippen LogP contribution in [0.3, 0.4) is 0 Å². The molecule has 30 heavy (non-hydrogen) atoms. The fourth-order valence-corrected chi connectivity index (χ4v) is 5.73.